The first-order chi connectivity index (χ1) is 9.00. The Hall–Kier alpha value is -2.49. The van der Waals surface area contributed by atoms with Crippen molar-refractivity contribution in [2.45, 2.75) is 12.8 Å². The summed E-state index contributed by atoms with van der Waals surface area (Å²) < 4.78 is 47.5. The molecule has 0 saturated carbocycles. The van der Waals surface area contributed by atoms with Crippen molar-refractivity contribution in [3.05, 3.63) is 47.5 Å². The Morgan fingerprint density at radius 2 is 2.11 bits per heavy atom. The number of rotatable bonds is 3. The summed E-state index contributed by atoms with van der Waals surface area (Å²) in [5.74, 6) is 0.0526. The van der Waals surface area contributed by atoms with Gasteiger partial charge in [0.25, 0.3) is 0 Å². The highest BCUT2D eigenvalue weighted by atomic mass is 19.4. The lowest BCUT2D eigenvalue weighted by atomic mass is 10.2. The summed E-state index contributed by atoms with van der Waals surface area (Å²) >= 11 is 0. The van der Waals surface area contributed by atoms with E-state index < -0.39 is 11.9 Å². The van der Waals surface area contributed by atoms with Gasteiger partial charge < -0.3 is 9.15 Å². The molecule has 0 N–H and O–H groups in total. The lowest BCUT2D eigenvalue weighted by molar-refractivity contribution is -0.141. The first-order valence-electron chi connectivity index (χ1n) is 5.14. The average Bonchev–Trinajstić information content (AvgIpc) is 2.88. The molecule has 7 heteroatoms. The summed E-state index contributed by atoms with van der Waals surface area (Å²) in [4.78, 5) is 3.30. The molecule has 2 rings (SSSR count). The van der Waals surface area contributed by atoms with E-state index in [9.17, 15) is 13.2 Å². The van der Waals surface area contributed by atoms with Crippen molar-refractivity contribution >= 4 is 0 Å². The van der Waals surface area contributed by atoms with Crippen molar-refractivity contribution < 1.29 is 22.3 Å². The van der Waals surface area contributed by atoms with Crippen LogP contribution in [0.25, 0.3) is 0 Å². The van der Waals surface area contributed by atoms with E-state index in [1.54, 1.807) is 18.2 Å². The molecule has 19 heavy (non-hydrogen) atoms. The molecule has 0 aliphatic rings. The highest BCUT2D eigenvalue weighted by molar-refractivity contribution is 5.39. The highest BCUT2D eigenvalue weighted by Crippen LogP contribution is 2.30. The number of ether oxygens (including phenoxy) is 1. The van der Waals surface area contributed by atoms with E-state index in [2.05, 4.69) is 4.98 Å². The van der Waals surface area contributed by atoms with Gasteiger partial charge in [-0.1, -0.05) is 0 Å². The normalized spacial score (nSPS) is 11.1. The predicted octanol–water partition coefficient (Wildman–Crippen LogP) is 3.14. The smallest absolute Gasteiger partial charge is 0.433 e. The fourth-order valence-electron chi connectivity index (χ4n) is 1.33. The number of hydrogen-bond acceptors (Lipinski definition) is 4. The van der Waals surface area contributed by atoms with Crippen LogP contribution in [0.3, 0.4) is 0 Å². The molecule has 4 nitrogen and oxygen atoms in total. The van der Waals surface area contributed by atoms with Crippen LogP contribution in [0, 0.1) is 11.3 Å². The topological polar surface area (TPSA) is 59.0 Å². The standard InChI is InChI=1S/C12H7F3N2O2/c13-12(14,15)10-4-3-8(6-16)11(17-10)19-7-9-2-1-5-18-9/h1-5H,7H2. The molecule has 0 aromatic carbocycles. The van der Waals surface area contributed by atoms with Gasteiger partial charge in [-0.25, -0.2) is 4.98 Å². The molecule has 0 radical (unpaired) electrons. The summed E-state index contributed by atoms with van der Waals surface area (Å²) in [7, 11) is 0. The lowest BCUT2D eigenvalue weighted by Gasteiger charge is -2.09. The first-order valence-corrected chi connectivity index (χ1v) is 5.14. The minimum atomic E-state index is -4.59. The van der Waals surface area contributed by atoms with E-state index in [0.717, 1.165) is 12.1 Å². The third-order valence-electron chi connectivity index (χ3n) is 2.20. The van der Waals surface area contributed by atoms with Crippen molar-refractivity contribution in [1.82, 2.24) is 4.98 Å². The van der Waals surface area contributed by atoms with Gasteiger partial charge in [0.2, 0.25) is 5.88 Å². The maximum atomic E-state index is 12.5. The Labute approximate surface area is 106 Å². The minimum Gasteiger partial charge on any atom is -0.469 e. The van der Waals surface area contributed by atoms with Gasteiger partial charge in [0.05, 0.1) is 6.26 Å². The zero-order valence-corrected chi connectivity index (χ0v) is 9.44. The number of alkyl halides is 3. The third kappa shape index (κ3) is 3.04. The predicted molar refractivity (Wildman–Crippen MR) is 57.0 cm³/mol. The Kier molecular flexibility index (Phi) is 3.42. The fraction of sp³-hybridized carbons (Fsp3) is 0.167. The van der Waals surface area contributed by atoms with Crippen LogP contribution < -0.4 is 4.74 Å². The van der Waals surface area contributed by atoms with Gasteiger partial charge in [-0.05, 0) is 24.3 Å². The van der Waals surface area contributed by atoms with Gasteiger partial charge in [-0.3, -0.25) is 0 Å². The Morgan fingerprint density at radius 3 is 2.68 bits per heavy atom. The van der Waals surface area contributed by atoms with Crippen LogP contribution in [-0.4, -0.2) is 4.98 Å². The van der Waals surface area contributed by atoms with Crippen molar-refractivity contribution in [1.29, 1.82) is 5.26 Å². The van der Waals surface area contributed by atoms with Crippen molar-refractivity contribution in [3.8, 4) is 11.9 Å². The molecular weight excluding hydrogens is 261 g/mol. The Morgan fingerprint density at radius 1 is 1.32 bits per heavy atom. The SMILES string of the molecule is N#Cc1ccc(C(F)(F)F)nc1OCc1ccco1. The fourth-order valence-corrected chi connectivity index (χ4v) is 1.33. The minimum absolute atomic E-state index is 0.0699. The van der Waals surface area contributed by atoms with Crippen LogP contribution in [0.15, 0.2) is 34.9 Å². The van der Waals surface area contributed by atoms with E-state index in [1.807, 2.05) is 0 Å². The molecule has 98 valence electrons. The van der Waals surface area contributed by atoms with Gasteiger partial charge in [0, 0.05) is 0 Å². The van der Waals surface area contributed by atoms with E-state index in [4.69, 9.17) is 14.4 Å². The van der Waals surface area contributed by atoms with Crippen LogP contribution >= 0.6 is 0 Å². The molecule has 0 aliphatic carbocycles. The van der Waals surface area contributed by atoms with Crippen LogP contribution in [0.1, 0.15) is 17.0 Å². The highest BCUT2D eigenvalue weighted by Gasteiger charge is 2.33. The monoisotopic (exact) mass is 268 g/mol. The van der Waals surface area contributed by atoms with Gasteiger partial charge in [-0.15, -0.1) is 0 Å². The van der Waals surface area contributed by atoms with E-state index >= 15 is 0 Å². The van der Waals surface area contributed by atoms with Crippen LogP contribution in [0.4, 0.5) is 13.2 Å². The third-order valence-corrected chi connectivity index (χ3v) is 2.20. The van der Waals surface area contributed by atoms with Crippen molar-refractivity contribution in [3.63, 3.8) is 0 Å². The van der Waals surface area contributed by atoms with Gasteiger partial charge in [0.1, 0.15) is 29.7 Å². The first kappa shape index (κ1) is 13.0. The van der Waals surface area contributed by atoms with Crippen molar-refractivity contribution in [2.75, 3.05) is 0 Å². The second-order valence-electron chi connectivity index (χ2n) is 3.53. The number of aromatic nitrogens is 1. The summed E-state index contributed by atoms with van der Waals surface area (Å²) in [6.45, 7) is -0.101. The molecule has 0 unspecified atom stereocenters. The second kappa shape index (κ2) is 5.02. The molecule has 2 heterocycles. The summed E-state index contributed by atoms with van der Waals surface area (Å²) in [5.41, 5.74) is -1.18. The van der Waals surface area contributed by atoms with E-state index in [-0.39, 0.29) is 18.1 Å². The molecule has 0 spiro atoms. The van der Waals surface area contributed by atoms with Crippen LogP contribution in [0.5, 0.6) is 5.88 Å². The average molecular weight is 268 g/mol. The number of nitrogens with zero attached hydrogens (tertiary/aromatic N) is 2. The van der Waals surface area contributed by atoms with E-state index in [0.29, 0.717) is 5.76 Å². The van der Waals surface area contributed by atoms with Gasteiger partial charge in [0.15, 0.2) is 0 Å². The molecule has 2 aromatic heterocycles. The number of furan rings is 1. The Balaban J connectivity index is 2.24. The van der Waals surface area contributed by atoms with Gasteiger partial charge >= 0.3 is 6.18 Å². The molecule has 0 saturated heterocycles. The molecule has 0 fully saturated rings. The second-order valence-corrected chi connectivity index (χ2v) is 3.53. The molecule has 0 amide bonds. The zero-order valence-electron chi connectivity index (χ0n) is 9.44. The van der Waals surface area contributed by atoms with Crippen LogP contribution in [-0.2, 0) is 12.8 Å². The number of hydrogen-bond donors (Lipinski definition) is 0. The van der Waals surface area contributed by atoms with Crippen LogP contribution in [0.2, 0.25) is 0 Å². The molecule has 2 aromatic rings. The largest absolute Gasteiger partial charge is 0.469 e. The summed E-state index contributed by atoms with van der Waals surface area (Å²) in [5, 5.41) is 8.79. The van der Waals surface area contributed by atoms with Gasteiger partial charge in [-0.2, -0.15) is 18.4 Å². The van der Waals surface area contributed by atoms with E-state index in [1.165, 1.54) is 6.26 Å². The number of halogens is 3. The molecule has 0 bridgehead atoms. The lowest BCUT2D eigenvalue weighted by Crippen LogP contribution is -2.10. The Bertz CT molecular complexity index is 600. The summed E-state index contributed by atoms with van der Waals surface area (Å²) in [6, 6.07) is 6.69. The maximum Gasteiger partial charge on any atom is 0.433 e. The molecule has 0 atom stereocenters. The number of pyridine rings is 1. The quantitative estimate of drug-likeness (QED) is 0.858. The summed E-state index contributed by atoms with van der Waals surface area (Å²) in [6.07, 6.45) is -3.18. The number of nitriles is 1. The maximum absolute atomic E-state index is 12.5. The molecular formula is C12H7F3N2O2. The van der Waals surface area contributed by atoms with Crippen molar-refractivity contribution in [2.24, 2.45) is 0 Å². The molecule has 0 aliphatic heterocycles. The zero-order chi connectivity index (χ0) is 13.9.